The minimum Gasteiger partial charge on any atom is -0.490 e. The van der Waals surface area contributed by atoms with Crippen molar-refractivity contribution in [2.75, 3.05) is 19.7 Å². The van der Waals surface area contributed by atoms with Crippen molar-refractivity contribution in [3.63, 3.8) is 0 Å². The minimum absolute atomic E-state index is 0.745. The number of nitrogens with zero attached hydrogens (tertiary/aromatic N) is 2. The van der Waals surface area contributed by atoms with E-state index in [0.717, 1.165) is 49.2 Å². The average molecular weight is 281 g/mol. The van der Waals surface area contributed by atoms with Crippen LogP contribution >= 0.6 is 0 Å². The molecule has 0 spiro atoms. The Hall–Kier alpha value is -1.03. The SMILES string of the molecule is Cc1nn(C)c(C)c1OCCCCCCNCC(C)C. The fourth-order valence-electron chi connectivity index (χ4n) is 2.23. The van der Waals surface area contributed by atoms with E-state index in [1.807, 2.05) is 18.7 Å². The molecule has 0 atom stereocenters. The third kappa shape index (κ3) is 5.95. The standard InChI is InChI=1S/C16H31N3O/c1-13(2)12-17-10-8-6-7-9-11-20-16-14(3)18-19(5)15(16)4/h13,17H,6-12H2,1-5H3. The fraction of sp³-hybridized carbons (Fsp3) is 0.812. The van der Waals surface area contributed by atoms with Crippen LogP contribution < -0.4 is 10.1 Å². The maximum atomic E-state index is 5.85. The topological polar surface area (TPSA) is 39.1 Å². The summed E-state index contributed by atoms with van der Waals surface area (Å²) in [6, 6.07) is 0. The molecule has 0 saturated carbocycles. The summed E-state index contributed by atoms with van der Waals surface area (Å²) in [5.41, 5.74) is 2.10. The Bertz CT molecular complexity index is 385. The van der Waals surface area contributed by atoms with Crippen molar-refractivity contribution in [1.82, 2.24) is 15.1 Å². The number of aromatic nitrogens is 2. The summed E-state index contributed by atoms with van der Waals surface area (Å²) in [6.45, 7) is 11.6. The van der Waals surface area contributed by atoms with Gasteiger partial charge in [-0.15, -0.1) is 0 Å². The predicted octanol–water partition coefficient (Wildman–Crippen LogP) is 3.22. The second-order valence-electron chi connectivity index (χ2n) is 5.98. The van der Waals surface area contributed by atoms with Crippen LogP contribution in [0.2, 0.25) is 0 Å². The molecular weight excluding hydrogens is 250 g/mol. The zero-order valence-electron chi connectivity index (χ0n) is 13.8. The van der Waals surface area contributed by atoms with E-state index in [0.29, 0.717) is 0 Å². The number of ether oxygens (including phenoxy) is 1. The quantitative estimate of drug-likeness (QED) is 0.669. The zero-order valence-corrected chi connectivity index (χ0v) is 13.8. The molecule has 1 aromatic heterocycles. The third-order valence-electron chi connectivity index (χ3n) is 3.49. The van der Waals surface area contributed by atoms with Crippen molar-refractivity contribution >= 4 is 0 Å². The smallest absolute Gasteiger partial charge is 0.162 e. The van der Waals surface area contributed by atoms with Crippen molar-refractivity contribution in [2.45, 2.75) is 53.4 Å². The molecule has 0 radical (unpaired) electrons. The van der Waals surface area contributed by atoms with Gasteiger partial charge in [0, 0.05) is 7.05 Å². The van der Waals surface area contributed by atoms with Crippen molar-refractivity contribution in [1.29, 1.82) is 0 Å². The minimum atomic E-state index is 0.745. The third-order valence-corrected chi connectivity index (χ3v) is 3.49. The van der Waals surface area contributed by atoms with Gasteiger partial charge in [0.15, 0.2) is 5.75 Å². The van der Waals surface area contributed by atoms with Crippen molar-refractivity contribution in [3.8, 4) is 5.75 Å². The summed E-state index contributed by atoms with van der Waals surface area (Å²) in [4.78, 5) is 0. The van der Waals surface area contributed by atoms with E-state index in [1.54, 1.807) is 0 Å². The van der Waals surface area contributed by atoms with Crippen molar-refractivity contribution < 1.29 is 4.74 Å². The molecule has 0 aromatic carbocycles. The first-order chi connectivity index (χ1) is 9.52. The molecule has 1 N–H and O–H groups in total. The molecule has 0 bridgehead atoms. The molecule has 1 aromatic rings. The van der Waals surface area contributed by atoms with Gasteiger partial charge in [0.2, 0.25) is 0 Å². The Morgan fingerprint density at radius 2 is 1.85 bits per heavy atom. The highest BCUT2D eigenvalue weighted by atomic mass is 16.5. The molecule has 20 heavy (non-hydrogen) atoms. The monoisotopic (exact) mass is 281 g/mol. The second-order valence-corrected chi connectivity index (χ2v) is 5.98. The van der Waals surface area contributed by atoms with Gasteiger partial charge in [-0.2, -0.15) is 5.10 Å². The highest BCUT2D eigenvalue weighted by molar-refractivity contribution is 5.31. The highest BCUT2D eigenvalue weighted by Gasteiger charge is 2.09. The number of hydrogen-bond acceptors (Lipinski definition) is 3. The molecule has 1 rings (SSSR count). The van der Waals surface area contributed by atoms with Gasteiger partial charge in [-0.25, -0.2) is 0 Å². The lowest BCUT2D eigenvalue weighted by atomic mass is 10.2. The molecule has 0 unspecified atom stereocenters. The van der Waals surface area contributed by atoms with Crippen LogP contribution in [-0.2, 0) is 7.05 Å². The highest BCUT2D eigenvalue weighted by Crippen LogP contribution is 2.21. The summed E-state index contributed by atoms with van der Waals surface area (Å²) in [7, 11) is 1.96. The van der Waals surface area contributed by atoms with E-state index in [9.17, 15) is 0 Å². The van der Waals surface area contributed by atoms with Crippen LogP contribution in [0.25, 0.3) is 0 Å². The summed E-state index contributed by atoms with van der Waals surface area (Å²) in [6.07, 6.45) is 4.90. The molecule has 0 saturated heterocycles. The van der Waals surface area contributed by atoms with Crippen LogP contribution in [-0.4, -0.2) is 29.5 Å². The fourth-order valence-corrected chi connectivity index (χ4v) is 2.23. The van der Waals surface area contributed by atoms with Gasteiger partial charge >= 0.3 is 0 Å². The van der Waals surface area contributed by atoms with Crippen LogP contribution in [0.1, 0.15) is 50.9 Å². The van der Waals surface area contributed by atoms with Gasteiger partial charge < -0.3 is 10.1 Å². The largest absolute Gasteiger partial charge is 0.490 e. The molecule has 116 valence electrons. The summed E-state index contributed by atoms with van der Waals surface area (Å²) < 4.78 is 7.73. The molecule has 0 amide bonds. The van der Waals surface area contributed by atoms with Gasteiger partial charge in [-0.3, -0.25) is 4.68 Å². The molecule has 0 fully saturated rings. The van der Waals surface area contributed by atoms with Crippen LogP contribution in [0.3, 0.4) is 0 Å². The second kappa shape index (κ2) is 9.01. The maximum absolute atomic E-state index is 5.85. The Labute approximate surface area is 123 Å². The maximum Gasteiger partial charge on any atom is 0.162 e. The molecular formula is C16H31N3O. The Kier molecular flexibility index (Phi) is 7.67. The van der Waals surface area contributed by atoms with Gasteiger partial charge in [-0.1, -0.05) is 26.7 Å². The lowest BCUT2D eigenvalue weighted by molar-refractivity contribution is 0.300. The number of hydrogen-bond donors (Lipinski definition) is 1. The van der Waals surface area contributed by atoms with Gasteiger partial charge in [-0.05, 0) is 45.7 Å². The zero-order chi connectivity index (χ0) is 15.0. The van der Waals surface area contributed by atoms with E-state index in [1.165, 1.54) is 19.3 Å². The summed E-state index contributed by atoms with van der Waals surface area (Å²) in [5, 5.41) is 7.83. The lowest BCUT2D eigenvalue weighted by Crippen LogP contribution is -2.20. The number of rotatable bonds is 10. The van der Waals surface area contributed by atoms with Crippen molar-refractivity contribution in [3.05, 3.63) is 11.4 Å². The van der Waals surface area contributed by atoms with Crippen LogP contribution in [0.15, 0.2) is 0 Å². The Morgan fingerprint density at radius 3 is 2.45 bits per heavy atom. The van der Waals surface area contributed by atoms with E-state index in [-0.39, 0.29) is 0 Å². The van der Waals surface area contributed by atoms with E-state index < -0.39 is 0 Å². The van der Waals surface area contributed by atoms with Crippen molar-refractivity contribution in [2.24, 2.45) is 13.0 Å². The molecule has 4 nitrogen and oxygen atoms in total. The lowest BCUT2D eigenvalue weighted by Gasteiger charge is -2.08. The summed E-state index contributed by atoms with van der Waals surface area (Å²) in [5.74, 6) is 1.71. The normalized spacial score (nSPS) is 11.3. The Morgan fingerprint density at radius 1 is 1.15 bits per heavy atom. The van der Waals surface area contributed by atoms with Crippen LogP contribution in [0, 0.1) is 19.8 Å². The van der Waals surface area contributed by atoms with Gasteiger partial charge in [0.05, 0.1) is 12.3 Å². The van der Waals surface area contributed by atoms with Gasteiger partial charge in [0.25, 0.3) is 0 Å². The first-order valence-corrected chi connectivity index (χ1v) is 7.86. The van der Waals surface area contributed by atoms with E-state index >= 15 is 0 Å². The number of aryl methyl sites for hydroxylation is 2. The van der Waals surface area contributed by atoms with Gasteiger partial charge in [0.1, 0.15) is 5.69 Å². The number of nitrogens with one attached hydrogen (secondary N) is 1. The molecule has 0 aliphatic carbocycles. The Balaban J connectivity index is 2.02. The molecule has 0 aliphatic rings. The first-order valence-electron chi connectivity index (χ1n) is 7.86. The molecule has 4 heteroatoms. The van der Waals surface area contributed by atoms with E-state index in [4.69, 9.17) is 4.74 Å². The number of unbranched alkanes of at least 4 members (excludes halogenated alkanes) is 3. The molecule has 0 aliphatic heterocycles. The average Bonchev–Trinajstić information content (AvgIpc) is 2.62. The van der Waals surface area contributed by atoms with Crippen LogP contribution in [0.4, 0.5) is 0 Å². The predicted molar refractivity (Wildman–Crippen MR) is 84.4 cm³/mol. The summed E-state index contributed by atoms with van der Waals surface area (Å²) >= 11 is 0. The first kappa shape index (κ1) is 17.0. The van der Waals surface area contributed by atoms with E-state index in [2.05, 4.69) is 31.2 Å². The van der Waals surface area contributed by atoms with Crippen LogP contribution in [0.5, 0.6) is 5.75 Å². The molecule has 1 heterocycles.